The molecule has 0 aliphatic heterocycles. The molecule has 0 unspecified atom stereocenters. The van der Waals surface area contributed by atoms with Crippen molar-refractivity contribution in [1.29, 1.82) is 5.26 Å². The maximum absolute atomic E-state index is 13.4. The molecule has 0 spiro atoms. The molecular formula is C26H19F5N6OS. The van der Waals surface area contributed by atoms with Gasteiger partial charge in [0.15, 0.2) is 0 Å². The van der Waals surface area contributed by atoms with Crippen molar-refractivity contribution >= 4 is 27.5 Å². The van der Waals surface area contributed by atoms with E-state index in [0.717, 1.165) is 22.8 Å². The van der Waals surface area contributed by atoms with Crippen molar-refractivity contribution < 1.29 is 24.2 Å². The Labute approximate surface area is 218 Å². The van der Waals surface area contributed by atoms with Crippen molar-refractivity contribution in [1.82, 2.24) is 19.2 Å². The van der Waals surface area contributed by atoms with Gasteiger partial charge in [-0.3, -0.25) is 14.3 Å². The van der Waals surface area contributed by atoms with Crippen molar-refractivity contribution in [3.05, 3.63) is 95.6 Å². The minimum Gasteiger partial charge on any atom is -0.322 e. The second kappa shape index (κ2) is 8.15. The van der Waals surface area contributed by atoms with E-state index in [1.54, 1.807) is 54.4 Å². The van der Waals surface area contributed by atoms with Crippen LogP contribution in [0.1, 0.15) is 27.0 Å². The van der Waals surface area contributed by atoms with E-state index in [1.165, 1.54) is 6.07 Å². The van der Waals surface area contributed by atoms with Crippen LogP contribution in [0, 0.1) is 25.2 Å². The number of rotatable bonds is 5. The van der Waals surface area contributed by atoms with Gasteiger partial charge in [-0.25, -0.2) is 4.52 Å². The minimum atomic E-state index is -10.1. The fourth-order valence-corrected chi connectivity index (χ4v) is 4.82. The topological polar surface area (TPSA) is 88.0 Å². The zero-order valence-electron chi connectivity index (χ0n) is 20.4. The summed E-state index contributed by atoms with van der Waals surface area (Å²) in [6.07, 6.45) is 6.84. The van der Waals surface area contributed by atoms with Gasteiger partial charge in [-0.15, -0.1) is 0 Å². The highest BCUT2D eigenvalue weighted by molar-refractivity contribution is 8.45. The van der Waals surface area contributed by atoms with Crippen LogP contribution >= 0.6 is 10.2 Å². The lowest BCUT2D eigenvalue weighted by Gasteiger charge is -2.40. The average Bonchev–Trinajstić information content (AvgIpc) is 3.46. The highest BCUT2D eigenvalue weighted by atomic mass is 32.5. The van der Waals surface area contributed by atoms with Crippen molar-refractivity contribution in [2.45, 2.75) is 18.7 Å². The van der Waals surface area contributed by atoms with E-state index in [9.17, 15) is 24.2 Å². The number of benzene rings is 2. The van der Waals surface area contributed by atoms with Crippen LogP contribution in [0.2, 0.25) is 0 Å². The van der Waals surface area contributed by atoms with Gasteiger partial charge in [0.2, 0.25) is 0 Å². The predicted molar refractivity (Wildman–Crippen MR) is 138 cm³/mol. The van der Waals surface area contributed by atoms with Gasteiger partial charge in [0, 0.05) is 47.7 Å². The van der Waals surface area contributed by atoms with E-state index in [-0.39, 0.29) is 17.8 Å². The van der Waals surface area contributed by atoms with Crippen molar-refractivity contribution in [3.63, 3.8) is 0 Å². The molecule has 13 heteroatoms. The average molecular weight is 559 g/mol. The molecule has 5 aromatic rings. The fraction of sp³-hybridized carbons (Fsp3) is 0.0769. The molecule has 1 amide bonds. The Hall–Kier alpha value is -4.70. The number of fused-ring (bicyclic) bond motifs is 1. The smallest absolute Gasteiger partial charge is 0.310 e. The molecule has 39 heavy (non-hydrogen) atoms. The summed E-state index contributed by atoms with van der Waals surface area (Å²) in [7, 11) is -10.1. The second-order valence-electron chi connectivity index (χ2n) is 8.96. The minimum absolute atomic E-state index is 0.0368. The van der Waals surface area contributed by atoms with Crippen LogP contribution in [0.4, 0.5) is 25.1 Å². The molecular weight excluding hydrogens is 539 g/mol. The fourth-order valence-electron chi connectivity index (χ4n) is 4.12. The van der Waals surface area contributed by atoms with Crippen LogP contribution in [0.25, 0.3) is 22.6 Å². The quantitative estimate of drug-likeness (QED) is 0.225. The normalized spacial score (nSPS) is 13.5. The molecule has 0 saturated heterocycles. The zero-order chi connectivity index (χ0) is 28.2. The summed E-state index contributed by atoms with van der Waals surface area (Å²) >= 11 is 0. The Morgan fingerprint density at radius 1 is 1.03 bits per heavy atom. The molecule has 5 rings (SSSR count). The van der Waals surface area contributed by atoms with Gasteiger partial charge >= 0.3 is 10.2 Å². The Morgan fingerprint density at radius 3 is 2.46 bits per heavy atom. The first-order chi connectivity index (χ1) is 18.1. The molecule has 0 radical (unpaired) electrons. The number of aryl methyl sites for hydroxylation is 1. The molecule has 1 N–H and O–H groups in total. The number of carbonyl (C=O) groups is 1. The summed E-state index contributed by atoms with van der Waals surface area (Å²) in [5.41, 5.74) is 3.22. The number of nitrogens with one attached hydrogen (secondary N) is 1. The molecule has 200 valence electrons. The van der Waals surface area contributed by atoms with Gasteiger partial charge in [-0.1, -0.05) is 19.4 Å². The molecule has 3 heterocycles. The number of pyridine rings is 1. The number of amides is 1. The molecule has 0 saturated carbocycles. The first-order valence-corrected chi connectivity index (χ1v) is 13.3. The lowest BCUT2D eigenvalue weighted by molar-refractivity contribution is 0.102. The number of hydrogen-bond acceptors (Lipinski definition) is 4. The van der Waals surface area contributed by atoms with Crippen LogP contribution in [-0.4, -0.2) is 25.1 Å². The third-order valence-corrected chi connectivity index (χ3v) is 7.30. The van der Waals surface area contributed by atoms with Gasteiger partial charge in [-0.2, -0.15) is 10.4 Å². The number of carbonyl (C=O) groups excluding carboxylic acids is 1. The largest absolute Gasteiger partial charge is 0.322 e. The number of aromatic nitrogens is 4. The van der Waals surface area contributed by atoms with Gasteiger partial charge in [0.25, 0.3) is 5.91 Å². The number of anilines is 1. The van der Waals surface area contributed by atoms with Crippen LogP contribution < -0.4 is 5.32 Å². The second-order valence-corrected chi connectivity index (χ2v) is 11.4. The summed E-state index contributed by atoms with van der Waals surface area (Å²) in [6.45, 7) is 3.65. The van der Waals surface area contributed by atoms with Crippen LogP contribution in [-0.2, 0) is 0 Å². The molecule has 0 fully saturated rings. The Bertz CT molecular complexity index is 1820. The van der Waals surface area contributed by atoms with E-state index in [4.69, 9.17) is 5.26 Å². The first kappa shape index (κ1) is 25.9. The Morgan fingerprint density at radius 2 is 1.79 bits per heavy atom. The Balaban J connectivity index is 1.53. The van der Waals surface area contributed by atoms with Gasteiger partial charge in [0.1, 0.15) is 10.5 Å². The van der Waals surface area contributed by atoms with Crippen molar-refractivity contribution in [2.24, 2.45) is 0 Å². The molecule has 2 aromatic carbocycles. The van der Waals surface area contributed by atoms with Crippen molar-refractivity contribution in [2.75, 3.05) is 5.32 Å². The summed E-state index contributed by atoms with van der Waals surface area (Å²) in [4.78, 5) is 14.7. The lowest BCUT2D eigenvalue weighted by Crippen LogP contribution is -2.15. The molecule has 0 atom stereocenters. The third-order valence-electron chi connectivity index (χ3n) is 6.18. The molecule has 3 aromatic heterocycles. The molecule has 7 nitrogen and oxygen atoms in total. The molecule has 0 bridgehead atoms. The standard InChI is InChI=1S/C26H19F5N6OS/c1-16-8-21(34-26(38)20-9-18(14-32)10-22(11-20)39(27,28,29,30)31)12-24(17(16)2)36-6-7-37-25(36)13-23(35-37)19-4-3-5-33-15-19/h3-13,15H,1-2H3,(H,34,38). The predicted octanol–water partition coefficient (Wildman–Crippen LogP) is 7.59. The van der Waals surface area contributed by atoms with Crippen LogP contribution in [0.15, 0.2) is 78.2 Å². The van der Waals surface area contributed by atoms with E-state index in [1.807, 2.05) is 23.6 Å². The lowest BCUT2D eigenvalue weighted by atomic mass is 10.1. The van der Waals surface area contributed by atoms with E-state index >= 15 is 0 Å². The van der Waals surface area contributed by atoms with Gasteiger partial charge < -0.3 is 5.32 Å². The first-order valence-electron chi connectivity index (χ1n) is 11.3. The summed E-state index contributed by atoms with van der Waals surface area (Å²) in [5.74, 6) is -1.08. The number of halogens is 5. The number of imidazole rings is 1. The van der Waals surface area contributed by atoms with E-state index < -0.39 is 32.2 Å². The summed E-state index contributed by atoms with van der Waals surface area (Å²) in [5, 5.41) is 16.1. The van der Waals surface area contributed by atoms with Gasteiger partial charge in [0.05, 0.1) is 23.0 Å². The molecule has 0 aliphatic carbocycles. The monoisotopic (exact) mass is 558 g/mol. The highest BCUT2D eigenvalue weighted by Gasteiger charge is 2.65. The maximum Gasteiger partial charge on any atom is 0.310 e. The third kappa shape index (κ3) is 5.06. The van der Waals surface area contributed by atoms with Gasteiger partial charge in [-0.05, 0) is 67.4 Å². The Kier molecular flexibility index (Phi) is 5.42. The SMILES string of the molecule is Cc1cc(NC(=O)c2cc(C#N)cc(S(F)(F)(F)(F)F)c2)cc(-n2ccn3nc(-c4cccnc4)cc23)c1C. The highest BCUT2D eigenvalue weighted by Crippen LogP contribution is 3.02. The number of hydrogen-bond donors (Lipinski definition) is 1. The summed E-state index contributed by atoms with van der Waals surface area (Å²) < 4.78 is 70.6. The van der Waals surface area contributed by atoms with E-state index in [2.05, 4.69) is 15.4 Å². The number of nitrogens with zero attached hydrogens (tertiary/aromatic N) is 5. The van der Waals surface area contributed by atoms with E-state index in [0.29, 0.717) is 17.0 Å². The summed E-state index contributed by atoms with van der Waals surface area (Å²) in [6, 6.07) is 11.0. The van der Waals surface area contributed by atoms with Crippen molar-refractivity contribution in [3.8, 4) is 23.0 Å². The number of nitriles is 1. The molecule has 0 aliphatic rings. The van der Waals surface area contributed by atoms with Crippen LogP contribution in [0.3, 0.4) is 0 Å². The maximum atomic E-state index is 13.4. The van der Waals surface area contributed by atoms with Crippen LogP contribution in [0.5, 0.6) is 0 Å². The zero-order valence-corrected chi connectivity index (χ0v) is 21.2.